The Balaban J connectivity index is 2.36. The highest BCUT2D eigenvalue weighted by Crippen LogP contribution is 2.17. The van der Waals surface area contributed by atoms with E-state index in [1.807, 2.05) is 6.07 Å². The van der Waals surface area contributed by atoms with E-state index in [1.54, 1.807) is 37.3 Å². The van der Waals surface area contributed by atoms with Gasteiger partial charge < -0.3 is 4.42 Å². The Morgan fingerprint density at radius 1 is 1.32 bits per heavy atom. The number of hydrogen-bond donors (Lipinski definition) is 0. The summed E-state index contributed by atoms with van der Waals surface area (Å²) in [5.74, 6) is 0.158. The Hall–Kier alpha value is -2.31. The molecule has 2 rings (SSSR count). The summed E-state index contributed by atoms with van der Waals surface area (Å²) in [6, 6.07) is 10.4. The summed E-state index contributed by atoms with van der Waals surface area (Å²) in [4.78, 5) is 12.2. The van der Waals surface area contributed by atoms with E-state index < -0.39 is 0 Å². The number of carbonyl (C=O) groups excluding carboxylic acids is 1. The first-order chi connectivity index (χ1) is 9.11. The van der Waals surface area contributed by atoms with Crippen LogP contribution in [-0.4, -0.2) is 5.78 Å². The highest BCUT2D eigenvalue weighted by Gasteiger charge is 2.16. The van der Waals surface area contributed by atoms with E-state index in [2.05, 4.69) is 0 Å². The number of nitrogens with zero attached hydrogens (tertiary/aromatic N) is 1. The molecule has 0 unspecified atom stereocenters. The van der Waals surface area contributed by atoms with Gasteiger partial charge in [-0.2, -0.15) is 5.26 Å². The summed E-state index contributed by atoms with van der Waals surface area (Å²) in [6.45, 7) is 1.69. The van der Waals surface area contributed by atoms with Gasteiger partial charge in [-0.1, -0.05) is 23.7 Å². The Morgan fingerprint density at radius 3 is 2.53 bits per heavy atom. The van der Waals surface area contributed by atoms with Crippen molar-refractivity contribution < 1.29 is 9.21 Å². The number of ketones is 1. The molecular formula is C15H10ClNO2. The molecule has 19 heavy (non-hydrogen) atoms. The minimum absolute atomic E-state index is 0.0619. The van der Waals surface area contributed by atoms with E-state index in [9.17, 15) is 4.79 Å². The van der Waals surface area contributed by atoms with Crippen LogP contribution in [0.5, 0.6) is 0 Å². The summed E-state index contributed by atoms with van der Waals surface area (Å²) in [5, 5.41) is 9.71. The number of halogens is 1. The number of Topliss-reactive ketones (excluding diaryl/α,β-unsaturated/α-hetero) is 1. The van der Waals surface area contributed by atoms with Gasteiger partial charge >= 0.3 is 0 Å². The zero-order valence-electron chi connectivity index (χ0n) is 10.2. The minimum atomic E-state index is -0.344. The number of allylic oxidation sites excluding steroid dienone is 1. The van der Waals surface area contributed by atoms with Gasteiger partial charge in [0, 0.05) is 5.02 Å². The van der Waals surface area contributed by atoms with Gasteiger partial charge in [0.25, 0.3) is 0 Å². The molecule has 0 fully saturated rings. The molecule has 0 aliphatic rings. The third-order valence-electron chi connectivity index (χ3n) is 2.65. The van der Waals surface area contributed by atoms with Crippen LogP contribution >= 0.6 is 11.6 Å². The molecule has 0 amide bonds. The zero-order chi connectivity index (χ0) is 13.8. The van der Waals surface area contributed by atoms with Crippen molar-refractivity contribution in [2.45, 2.75) is 6.92 Å². The lowest BCUT2D eigenvalue weighted by atomic mass is 10.0. The maximum absolute atomic E-state index is 12.2. The van der Waals surface area contributed by atoms with Crippen molar-refractivity contribution in [3.8, 4) is 6.07 Å². The Kier molecular flexibility index (Phi) is 3.84. The molecule has 0 aliphatic heterocycles. The lowest BCUT2D eigenvalue weighted by molar-refractivity contribution is 0.103. The van der Waals surface area contributed by atoms with E-state index in [0.717, 1.165) is 5.56 Å². The zero-order valence-corrected chi connectivity index (χ0v) is 10.9. The average Bonchev–Trinajstić information content (AvgIpc) is 2.83. The summed E-state index contributed by atoms with van der Waals surface area (Å²) in [5.41, 5.74) is 1.21. The van der Waals surface area contributed by atoms with Crippen LogP contribution in [-0.2, 0) is 0 Å². The molecule has 4 heteroatoms. The van der Waals surface area contributed by atoms with Crippen LogP contribution in [0.25, 0.3) is 6.08 Å². The van der Waals surface area contributed by atoms with Crippen LogP contribution < -0.4 is 0 Å². The van der Waals surface area contributed by atoms with Crippen LogP contribution in [0.2, 0.25) is 5.02 Å². The summed E-state index contributed by atoms with van der Waals surface area (Å²) in [6.07, 6.45) is 2.96. The van der Waals surface area contributed by atoms with Crippen molar-refractivity contribution in [2.75, 3.05) is 0 Å². The van der Waals surface area contributed by atoms with E-state index in [1.165, 1.54) is 12.3 Å². The number of nitriles is 1. The first kappa shape index (κ1) is 13.1. The number of furan rings is 1. The monoisotopic (exact) mass is 271 g/mol. The number of carbonyl (C=O) groups is 1. The highest BCUT2D eigenvalue weighted by atomic mass is 35.5. The molecular weight excluding hydrogens is 262 g/mol. The van der Waals surface area contributed by atoms with Crippen molar-refractivity contribution in [3.05, 3.63) is 64.1 Å². The molecule has 3 nitrogen and oxygen atoms in total. The number of aryl methyl sites for hydroxylation is 1. The largest absolute Gasteiger partial charge is 0.469 e. The summed E-state index contributed by atoms with van der Waals surface area (Å²) in [7, 11) is 0. The predicted octanol–water partition coefficient (Wildman–Crippen LogP) is 4.03. The summed E-state index contributed by atoms with van der Waals surface area (Å²) >= 11 is 5.78. The molecule has 0 aliphatic carbocycles. The Bertz CT molecular complexity index is 675. The topological polar surface area (TPSA) is 54.0 Å². The van der Waals surface area contributed by atoms with Crippen LogP contribution in [0.15, 0.2) is 46.6 Å². The second kappa shape index (κ2) is 5.55. The third-order valence-corrected chi connectivity index (χ3v) is 2.90. The van der Waals surface area contributed by atoms with Crippen LogP contribution in [0, 0.1) is 18.3 Å². The fourth-order valence-electron chi connectivity index (χ4n) is 1.64. The molecule has 0 saturated carbocycles. The lowest BCUT2D eigenvalue weighted by Crippen LogP contribution is -2.02. The Labute approximate surface area is 115 Å². The van der Waals surface area contributed by atoms with Gasteiger partial charge in [0.1, 0.15) is 17.4 Å². The fraction of sp³-hybridized carbons (Fsp3) is 0.0667. The summed E-state index contributed by atoms with van der Waals surface area (Å²) < 4.78 is 5.07. The highest BCUT2D eigenvalue weighted by molar-refractivity contribution is 6.30. The molecule has 0 radical (unpaired) electrons. The van der Waals surface area contributed by atoms with Gasteiger partial charge in [-0.15, -0.1) is 0 Å². The first-order valence-corrected chi connectivity index (χ1v) is 5.96. The van der Waals surface area contributed by atoms with Gasteiger partial charge in [-0.3, -0.25) is 4.79 Å². The van der Waals surface area contributed by atoms with Crippen molar-refractivity contribution in [1.29, 1.82) is 5.26 Å². The van der Waals surface area contributed by atoms with Gasteiger partial charge in [0.2, 0.25) is 5.78 Å². The maximum Gasteiger partial charge on any atom is 0.207 e. The quantitative estimate of drug-likeness (QED) is 0.481. The van der Waals surface area contributed by atoms with Gasteiger partial charge in [-0.25, -0.2) is 0 Å². The first-order valence-electron chi connectivity index (χ1n) is 5.58. The second-order valence-electron chi connectivity index (χ2n) is 3.94. The van der Waals surface area contributed by atoms with E-state index >= 15 is 0 Å². The van der Waals surface area contributed by atoms with Crippen LogP contribution in [0.4, 0.5) is 0 Å². The number of benzene rings is 1. The molecule has 1 aromatic heterocycles. The predicted molar refractivity (Wildman–Crippen MR) is 72.8 cm³/mol. The number of rotatable bonds is 3. The van der Waals surface area contributed by atoms with Gasteiger partial charge in [-0.05, 0) is 36.8 Å². The lowest BCUT2D eigenvalue weighted by Gasteiger charge is -1.98. The smallest absolute Gasteiger partial charge is 0.207 e. The van der Waals surface area contributed by atoms with Gasteiger partial charge in [0.15, 0.2) is 0 Å². The van der Waals surface area contributed by atoms with Crippen LogP contribution in [0.3, 0.4) is 0 Å². The van der Waals surface area contributed by atoms with Crippen molar-refractivity contribution in [3.63, 3.8) is 0 Å². The van der Waals surface area contributed by atoms with Crippen molar-refractivity contribution in [1.82, 2.24) is 0 Å². The minimum Gasteiger partial charge on any atom is -0.469 e. The van der Waals surface area contributed by atoms with Crippen LogP contribution in [0.1, 0.15) is 21.7 Å². The molecule has 0 atom stereocenters. The second-order valence-corrected chi connectivity index (χ2v) is 4.38. The Morgan fingerprint density at radius 2 is 2.00 bits per heavy atom. The number of hydrogen-bond acceptors (Lipinski definition) is 3. The molecule has 1 aromatic carbocycles. The third kappa shape index (κ3) is 2.93. The molecule has 0 spiro atoms. The van der Waals surface area contributed by atoms with Crippen molar-refractivity contribution >= 4 is 23.5 Å². The normalized spacial score (nSPS) is 11.1. The fourth-order valence-corrected chi connectivity index (χ4v) is 1.77. The molecule has 0 saturated heterocycles. The van der Waals surface area contributed by atoms with Gasteiger partial charge in [0.05, 0.1) is 11.8 Å². The average molecular weight is 272 g/mol. The molecule has 0 bridgehead atoms. The van der Waals surface area contributed by atoms with E-state index in [0.29, 0.717) is 16.3 Å². The molecule has 2 aromatic rings. The van der Waals surface area contributed by atoms with E-state index in [4.69, 9.17) is 21.3 Å². The molecule has 94 valence electrons. The van der Waals surface area contributed by atoms with E-state index in [-0.39, 0.29) is 11.4 Å². The molecule has 1 heterocycles. The molecule has 0 N–H and O–H groups in total. The SMILES string of the molecule is Cc1occc1C(=O)/C(C#N)=C/c1ccc(Cl)cc1. The van der Waals surface area contributed by atoms with Crippen molar-refractivity contribution in [2.24, 2.45) is 0 Å². The standard InChI is InChI=1S/C15H10ClNO2/c1-10-14(6-7-19-10)15(18)12(9-17)8-11-2-4-13(16)5-3-11/h2-8H,1H3/b12-8+. The maximum atomic E-state index is 12.2.